The molecule has 34 heavy (non-hydrogen) atoms. The summed E-state index contributed by atoms with van der Waals surface area (Å²) < 4.78 is 102. The summed E-state index contributed by atoms with van der Waals surface area (Å²) >= 11 is 0. The molecule has 0 saturated heterocycles. The summed E-state index contributed by atoms with van der Waals surface area (Å²) in [5, 5.41) is 0.0754. The largest absolute Gasteiger partial charge is 1.00 e. The van der Waals surface area contributed by atoms with Crippen LogP contribution in [0.5, 0.6) is 11.5 Å². The van der Waals surface area contributed by atoms with Crippen LogP contribution in [0.15, 0.2) is 36.4 Å². The number of carbonyl (C=O) groups excluding carboxylic acids is 1. The maximum Gasteiger partial charge on any atom is 1.00 e. The van der Waals surface area contributed by atoms with Gasteiger partial charge >= 0.3 is 31.2 Å². The van der Waals surface area contributed by atoms with Crippen LogP contribution in [-0.2, 0) is 21.8 Å². The standard InChI is InChI=1S/C21H21F6O5P.Li/c1-11(29-3)31-13-8-9-17(16(10-13)32-12(2)30-4)33-19(28)18-14(20(22,23)24)6-5-7-15(18)21(25,26)27;/h5-12,33H,1-4H3;/q;+1. The Hall–Kier alpha value is -1.76. The fourth-order valence-electron chi connectivity index (χ4n) is 2.70. The van der Waals surface area contributed by atoms with Gasteiger partial charge in [-0.1, -0.05) is 6.07 Å². The maximum absolute atomic E-state index is 13.4. The van der Waals surface area contributed by atoms with Gasteiger partial charge in [-0.25, -0.2) is 0 Å². The molecule has 0 aliphatic rings. The second-order valence-corrected chi connectivity index (χ2v) is 7.92. The molecule has 182 valence electrons. The molecule has 3 unspecified atom stereocenters. The van der Waals surface area contributed by atoms with Gasteiger partial charge in [0.25, 0.3) is 0 Å². The number of alkyl halides is 6. The van der Waals surface area contributed by atoms with Crippen LogP contribution in [0.1, 0.15) is 35.3 Å². The Morgan fingerprint density at radius 1 is 0.853 bits per heavy atom. The fourth-order valence-corrected chi connectivity index (χ4v) is 3.76. The minimum atomic E-state index is -5.16. The van der Waals surface area contributed by atoms with Gasteiger partial charge in [0.2, 0.25) is 0 Å². The molecule has 0 spiro atoms. The van der Waals surface area contributed by atoms with Crippen molar-refractivity contribution in [2.75, 3.05) is 14.2 Å². The summed E-state index contributed by atoms with van der Waals surface area (Å²) in [6.07, 6.45) is -11.8. The monoisotopic (exact) mass is 505 g/mol. The van der Waals surface area contributed by atoms with E-state index in [0.29, 0.717) is 18.2 Å². The van der Waals surface area contributed by atoms with Gasteiger partial charge < -0.3 is 18.9 Å². The van der Waals surface area contributed by atoms with Gasteiger partial charge in [0.15, 0.2) is 18.1 Å². The Morgan fingerprint density at radius 2 is 1.35 bits per heavy atom. The number of methoxy groups -OCH3 is 2. The van der Waals surface area contributed by atoms with Crippen LogP contribution in [0, 0.1) is 0 Å². The van der Waals surface area contributed by atoms with Crippen LogP contribution in [0.25, 0.3) is 0 Å². The van der Waals surface area contributed by atoms with Crippen molar-refractivity contribution in [2.24, 2.45) is 0 Å². The van der Waals surface area contributed by atoms with E-state index in [-0.39, 0.29) is 35.7 Å². The molecule has 5 nitrogen and oxygen atoms in total. The van der Waals surface area contributed by atoms with E-state index >= 15 is 0 Å². The third kappa shape index (κ3) is 7.89. The maximum atomic E-state index is 13.4. The van der Waals surface area contributed by atoms with Gasteiger partial charge in [0.1, 0.15) is 11.5 Å². The average Bonchev–Trinajstić information content (AvgIpc) is 2.73. The molecule has 2 rings (SSSR count). The fraction of sp³-hybridized carbons (Fsp3) is 0.381. The number of hydrogen-bond acceptors (Lipinski definition) is 5. The summed E-state index contributed by atoms with van der Waals surface area (Å²) in [7, 11) is 1.63. The molecule has 0 heterocycles. The van der Waals surface area contributed by atoms with Crippen molar-refractivity contribution >= 4 is 19.4 Å². The minimum Gasteiger partial charge on any atom is -0.465 e. The summed E-state index contributed by atoms with van der Waals surface area (Å²) in [6, 6.07) is 5.58. The van der Waals surface area contributed by atoms with E-state index in [1.807, 2.05) is 0 Å². The number of carbonyl (C=O) groups is 1. The third-order valence-electron chi connectivity index (χ3n) is 4.36. The number of halogens is 6. The zero-order valence-corrected chi connectivity index (χ0v) is 19.9. The molecule has 0 bridgehead atoms. The quantitative estimate of drug-likeness (QED) is 0.227. The van der Waals surface area contributed by atoms with Gasteiger partial charge in [-0.05, 0) is 46.7 Å². The molecule has 0 N–H and O–H groups in total. The second kappa shape index (κ2) is 12.3. The van der Waals surface area contributed by atoms with E-state index in [9.17, 15) is 31.1 Å². The van der Waals surface area contributed by atoms with Crippen molar-refractivity contribution in [1.82, 2.24) is 0 Å². The molecular formula is C21H21F6LiO5P+. The van der Waals surface area contributed by atoms with Crippen molar-refractivity contribution < 1.29 is 68.9 Å². The first-order valence-electron chi connectivity index (χ1n) is 9.39. The van der Waals surface area contributed by atoms with Crippen molar-refractivity contribution in [2.45, 2.75) is 38.8 Å². The number of benzene rings is 2. The molecule has 13 heteroatoms. The van der Waals surface area contributed by atoms with Crippen LogP contribution in [0.2, 0.25) is 0 Å². The van der Waals surface area contributed by atoms with Gasteiger partial charge in [0.05, 0.1) is 11.1 Å². The number of hydrogen-bond donors (Lipinski definition) is 0. The van der Waals surface area contributed by atoms with Crippen molar-refractivity contribution in [3.05, 3.63) is 53.1 Å². The molecule has 0 radical (unpaired) electrons. The molecule has 3 atom stereocenters. The van der Waals surface area contributed by atoms with Crippen LogP contribution in [-0.4, -0.2) is 32.3 Å². The predicted molar refractivity (Wildman–Crippen MR) is 109 cm³/mol. The Morgan fingerprint density at radius 3 is 1.82 bits per heavy atom. The average molecular weight is 505 g/mol. The van der Waals surface area contributed by atoms with Crippen LogP contribution in [0.4, 0.5) is 26.3 Å². The van der Waals surface area contributed by atoms with Crippen molar-refractivity contribution in [3.63, 3.8) is 0 Å². The number of rotatable bonds is 9. The van der Waals surface area contributed by atoms with E-state index < -0.39 is 55.7 Å². The van der Waals surface area contributed by atoms with E-state index in [4.69, 9.17) is 18.9 Å². The van der Waals surface area contributed by atoms with E-state index in [2.05, 4.69) is 0 Å². The molecule has 0 saturated carbocycles. The third-order valence-corrected chi connectivity index (χ3v) is 5.52. The second-order valence-electron chi connectivity index (χ2n) is 6.68. The first-order chi connectivity index (χ1) is 15.3. The molecule has 0 fully saturated rings. The van der Waals surface area contributed by atoms with Gasteiger partial charge in [-0.3, -0.25) is 4.79 Å². The summed E-state index contributed by atoms with van der Waals surface area (Å²) in [4.78, 5) is 12.8. The number of ether oxygens (including phenoxy) is 4. The Kier molecular flexibility index (Phi) is 10.9. The van der Waals surface area contributed by atoms with Gasteiger partial charge in [-0.2, -0.15) is 26.3 Å². The van der Waals surface area contributed by atoms with E-state index in [0.717, 1.165) is 0 Å². The van der Waals surface area contributed by atoms with Crippen LogP contribution < -0.4 is 33.6 Å². The summed E-state index contributed by atoms with van der Waals surface area (Å²) in [5.41, 5.74) is -6.09. The van der Waals surface area contributed by atoms with E-state index in [1.54, 1.807) is 6.92 Å². The topological polar surface area (TPSA) is 54.0 Å². The molecule has 2 aromatic carbocycles. The molecule has 0 amide bonds. The Bertz CT molecular complexity index is 951. The minimum absolute atomic E-state index is 0. The predicted octanol–water partition coefficient (Wildman–Crippen LogP) is 2.61. The SMILES string of the molecule is COC(C)Oc1ccc(PC(=O)c2c(C(F)(F)F)cccc2C(F)(F)F)c(OC(C)OC)c1.[Li+]. The van der Waals surface area contributed by atoms with Crippen molar-refractivity contribution in [1.29, 1.82) is 0 Å². The molecule has 0 aliphatic heterocycles. The van der Waals surface area contributed by atoms with Crippen LogP contribution in [0.3, 0.4) is 0 Å². The molecule has 0 aliphatic carbocycles. The van der Waals surface area contributed by atoms with Crippen molar-refractivity contribution in [3.8, 4) is 11.5 Å². The van der Waals surface area contributed by atoms with Crippen LogP contribution >= 0.6 is 8.58 Å². The first kappa shape index (κ1) is 30.3. The Balaban J connectivity index is 0.00000578. The Labute approximate surface area is 206 Å². The summed E-state index contributed by atoms with van der Waals surface area (Å²) in [6.45, 7) is 3.12. The molecule has 0 aromatic heterocycles. The smallest absolute Gasteiger partial charge is 0.465 e. The molecular weight excluding hydrogens is 484 g/mol. The zero-order chi connectivity index (χ0) is 25.0. The summed E-state index contributed by atoms with van der Waals surface area (Å²) in [5.74, 6) is 0.255. The van der Waals surface area contributed by atoms with E-state index in [1.165, 1.54) is 39.3 Å². The molecule has 2 aromatic rings. The normalized spacial score (nSPS) is 13.9. The first-order valence-corrected chi connectivity index (χ1v) is 10.4. The van der Waals surface area contributed by atoms with Gasteiger partial charge in [-0.15, -0.1) is 0 Å². The zero-order valence-electron chi connectivity index (χ0n) is 18.9. The van der Waals surface area contributed by atoms with Gasteiger partial charge in [0, 0.05) is 31.2 Å².